The lowest BCUT2D eigenvalue weighted by molar-refractivity contribution is -0.0777. The topological polar surface area (TPSA) is 29.5 Å². The molecule has 1 aliphatic rings. The van der Waals surface area contributed by atoms with E-state index < -0.39 is 6.29 Å². The average molecular weight is 210 g/mol. The van der Waals surface area contributed by atoms with Gasteiger partial charge in [0.2, 0.25) is 0 Å². The van der Waals surface area contributed by atoms with Crippen molar-refractivity contribution >= 4 is 11.8 Å². The number of benzene rings is 1. The van der Waals surface area contributed by atoms with Crippen LogP contribution in [0.25, 0.3) is 0 Å². The van der Waals surface area contributed by atoms with Gasteiger partial charge in [0.05, 0.1) is 6.61 Å². The van der Waals surface area contributed by atoms with E-state index in [9.17, 15) is 5.11 Å². The standard InChI is InChI=1S/C11H14O2S/c12-11-9(6-7-13-11)8-14-10-4-2-1-3-5-10/h1-5,9,11-12H,6-8H2. The molecule has 0 aliphatic carbocycles. The second-order valence-corrected chi connectivity index (χ2v) is 4.53. The zero-order chi connectivity index (χ0) is 9.80. The van der Waals surface area contributed by atoms with E-state index in [4.69, 9.17) is 4.74 Å². The van der Waals surface area contributed by atoms with Crippen LogP contribution in [0.3, 0.4) is 0 Å². The zero-order valence-electron chi connectivity index (χ0n) is 7.93. The highest BCUT2D eigenvalue weighted by atomic mass is 32.2. The molecule has 1 aromatic rings. The Kier molecular flexibility index (Phi) is 3.45. The molecule has 0 spiro atoms. The number of hydrogen-bond donors (Lipinski definition) is 1. The predicted octanol–water partition coefficient (Wildman–Crippen LogP) is 2.13. The van der Waals surface area contributed by atoms with Crippen molar-refractivity contribution in [1.82, 2.24) is 0 Å². The lowest BCUT2D eigenvalue weighted by Crippen LogP contribution is -2.16. The average Bonchev–Trinajstić information content (AvgIpc) is 2.63. The molecule has 2 rings (SSSR count). The molecule has 1 aliphatic heterocycles. The largest absolute Gasteiger partial charge is 0.368 e. The molecule has 76 valence electrons. The quantitative estimate of drug-likeness (QED) is 0.775. The summed E-state index contributed by atoms with van der Waals surface area (Å²) in [5, 5.41) is 9.43. The number of aliphatic hydroxyl groups is 1. The van der Waals surface area contributed by atoms with Crippen LogP contribution in [0, 0.1) is 5.92 Å². The Hall–Kier alpha value is -0.510. The van der Waals surface area contributed by atoms with Gasteiger partial charge in [-0.3, -0.25) is 0 Å². The van der Waals surface area contributed by atoms with Crippen molar-refractivity contribution in [3.05, 3.63) is 30.3 Å². The Morgan fingerprint density at radius 3 is 2.79 bits per heavy atom. The van der Waals surface area contributed by atoms with E-state index in [1.54, 1.807) is 11.8 Å². The van der Waals surface area contributed by atoms with Gasteiger partial charge in [0.15, 0.2) is 6.29 Å². The van der Waals surface area contributed by atoms with Crippen LogP contribution in [0.2, 0.25) is 0 Å². The maximum atomic E-state index is 9.43. The van der Waals surface area contributed by atoms with Crippen LogP contribution in [0.5, 0.6) is 0 Å². The highest BCUT2D eigenvalue weighted by Gasteiger charge is 2.25. The SMILES string of the molecule is OC1OCCC1CSc1ccccc1. The molecular weight excluding hydrogens is 196 g/mol. The maximum absolute atomic E-state index is 9.43. The molecule has 0 radical (unpaired) electrons. The molecule has 14 heavy (non-hydrogen) atoms. The van der Waals surface area contributed by atoms with Gasteiger partial charge in [-0.25, -0.2) is 0 Å². The third-order valence-electron chi connectivity index (χ3n) is 2.39. The van der Waals surface area contributed by atoms with Crippen LogP contribution in [-0.4, -0.2) is 23.8 Å². The Labute approximate surface area is 88.3 Å². The number of aliphatic hydroxyl groups excluding tert-OH is 1. The fourth-order valence-electron chi connectivity index (χ4n) is 1.50. The highest BCUT2D eigenvalue weighted by Crippen LogP contribution is 2.27. The maximum Gasteiger partial charge on any atom is 0.158 e. The summed E-state index contributed by atoms with van der Waals surface area (Å²) in [6.07, 6.45) is 0.423. The molecule has 0 bridgehead atoms. The molecular formula is C11H14O2S. The number of hydrogen-bond acceptors (Lipinski definition) is 3. The van der Waals surface area contributed by atoms with Gasteiger partial charge in [0, 0.05) is 16.6 Å². The summed E-state index contributed by atoms with van der Waals surface area (Å²) in [5.41, 5.74) is 0. The van der Waals surface area contributed by atoms with E-state index in [2.05, 4.69) is 12.1 Å². The summed E-state index contributed by atoms with van der Waals surface area (Å²) in [7, 11) is 0. The van der Waals surface area contributed by atoms with Gasteiger partial charge >= 0.3 is 0 Å². The van der Waals surface area contributed by atoms with Crippen molar-refractivity contribution in [3.63, 3.8) is 0 Å². The Morgan fingerprint density at radius 1 is 1.36 bits per heavy atom. The van der Waals surface area contributed by atoms with Crippen LogP contribution in [0.1, 0.15) is 6.42 Å². The van der Waals surface area contributed by atoms with E-state index in [-0.39, 0.29) is 0 Å². The summed E-state index contributed by atoms with van der Waals surface area (Å²) < 4.78 is 5.10. The van der Waals surface area contributed by atoms with Crippen molar-refractivity contribution in [1.29, 1.82) is 0 Å². The fraction of sp³-hybridized carbons (Fsp3) is 0.455. The molecule has 1 fully saturated rings. The summed E-state index contributed by atoms with van der Waals surface area (Å²) in [6.45, 7) is 0.696. The van der Waals surface area contributed by atoms with Gasteiger partial charge in [-0.15, -0.1) is 11.8 Å². The lowest BCUT2D eigenvalue weighted by atomic mass is 10.1. The zero-order valence-corrected chi connectivity index (χ0v) is 8.74. The smallest absolute Gasteiger partial charge is 0.158 e. The molecule has 1 saturated heterocycles. The minimum Gasteiger partial charge on any atom is -0.368 e. The highest BCUT2D eigenvalue weighted by molar-refractivity contribution is 7.99. The lowest BCUT2D eigenvalue weighted by Gasteiger charge is -2.11. The minimum absolute atomic E-state index is 0.292. The molecule has 2 atom stereocenters. The molecule has 2 nitrogen and oxygen atoms in total. The van der Waals surface area contributed by atoms with Gasteiger partial charge in [-0.2, -0.15) is 0 Å². The Balaban J connectivity index is 1.82. The van der Waals surface area contributed by atoms with Crippen molar-refractivity contribution in [2.24, 2.45) is 5.92 Å². The first kappa shape index (κ1) is 10.0. The van der Waals surface area contributed by atoms with E-state index >= 15 is 0 Å². The summed E-state index contributed by atoms with van der Waals surface area (Å²) in [6, 6.07) is 10.3. The number of thioether (sulfide) groups is 1. The van der Waals surface area contributed by atoms with Crippen molar-refractivity contribution in [2.75, 3.05) is 12.4 Å². The number of rotatable bonds is 3. The monoisotopic (exact) mass is 210 g/mol. The summed E-state index contributed by atoms with van der Waals surface area (Å²) in [5.74, 6) is 1.23. The van der Waals surface area contributed by atoms with E-state index in [1.165, 1.54) is 4.90 Å². The molecule has 0 saturated carbocycles. The fourth-order valence-corrected chi connectivity index (χ4v) is 2.59. The first-order valence-corrected chi connectivity index (χ1v) is 5.82. The predicted molar refractivity (Wildman–Crippen MR) is 57.2 cm³/mol. The van der Waals surface area contributed by atoms with E-state index in [1.807, 2.05) is 18.2 Å². The molecule has 2 unspecified atom stereocenters. The molecule has 3 heteroatoms. The minimum atomic E-state index is -0.550. The molecule has 1 N–H and O–H groups in total. The molecule has 1 aromatic carbocycles. The van der Waals surface area contributed by atoms with Crippen molar-refractivity contribution in [3.8, 4) is 0 Å². The van der Waals surface area contributed by atoms with E-state index in [0.717, 1.165) is 12.2 Å². The molecule has 0 amide bonds. The van der Waals surface area contributed by atoms with Crippen LogP contribution in [0.4, 0.5) is 0 Å². The van der Waals surface area contributed by atoms with Crippen LogP contribution >= 0.6 is 11.8 Å². The first-order chi connectivity index (χ1) is 6.86. The summed E-state index contributed by atoms with van der Waals surface area (Å²) >= 11 is 1.78. The van der Waals surface area contributed by atoms with Gasteiger partial charge in [-0.1, -0.05) is 18.2 Å². The second kappa shape index (κ2) is 4.82. The van der Waals surface area contributed by atoms with Gasteiger partial charge < -0.3 is 9.84 Å². The normalized spacial score (nSPS) is 26.6. The molecule has 1 heterocycles. The van der Waals surface area contributed by atoms with Crippen LogP contribution < -0.4 is 0 Å². The van der Waals surface area contributed by atoms with Crippen LogP contribution in [-0.2, 0) is 4.74 Å². The Bertz CT molecular complexity index is 276. The number of ether oxygens (including phenoxy) is 1. The third-order valence-corrected chi connectivity index (χ3v) is 3.59. The van der Waals surface area contributed by atoms with Gasteiger partial charge in [0.25, 0.3) is 0 Å². The van der Waals surface area contributed by atoms with Crippen molar-refractivity contribution < 1.29 is 9.84 Å². The van der Waals surface area contributed by atoms with Crippen molar-refractivity contribution in [2.45, 2.75) is 17.6 Å². The second-order valence-electron chi connectivity index (χ2n) is 3.43. The van der Waals surface area contributed by atoms with Crippen LogP contribution in [0.15, 0.2) is 35.2 Å². The van der Waals surface area contributed by atoms with Gasteiger partial charge in [0.1, 0.15) is 0 Å². The Morgan fingerprint density at radius 2 is 2.14 bits per heavy atom. The van der Waals surface area contributed by atoms with Gasteiger partial charge in [-0.05, 0) is 18.6 Å². The van der Waals surface area contributed by atoms with E-state index in [0.29, 0.717) is 12.5 Å². The first-order valence-electron chi connectivity index (χ1n) is 4.84. The molecule has 0 aromatic heterocycles. The summed E-state index contributed by atoms with van der Waals surface area (Å²) in [4.78, 5) is 1.26. The third kappa shape index (κ3) is 2.50.